The summed E-state index contributed by atoms with van der Waals surface area (Å²) >= 11 is 0. The summed E-state index contributed by atoms with van der Waals surface area (Å²) in [5.41, 5.74) is 4.07. The number of hydrogen-bond acceptors (Lipinski definition) is 6. The SMILES string of the molecule is COc1ccc(/C(C)=N\NC(=O)c2cccc([N+](=O)[O-])c2C)cc1OC. The number of benzene rings is 2. The molecule has 0 unspecified atom stereocenters. The molecule has 0 aliphatic carbocycles. The molecule has 0 heterocycles. The van der Waals surface area contributed by atoms with Crippen LogP contribution in [0.5, 0.6) is 11.5 Å². The van der Waals surface area contributed by atoms with Crippen molar-refractivity contribution in [1.82, 2.24) is 5.43 Å². The van der Waals surface area contributed by atoms with Gasteiger partial charge in [-0.1, -0.05) is 6.07 Å². The van der Waals surface area contributed by atoms with Gasteiger partial charge in [0.2, 0.25) is 0 Å². The molecule has 0 aliphatic heterocycles. The van der Waals surface area contributed by atoms with Gasteiger partial charge in [0.15, 0.2) is 11.5 Å². The Balaban J connectivity index is 2.23. The molecule has 2 aromatic carbocycles. The number of methoxy groups -OCH3 is 2. The van der Waals surface area contributed by atoms with Crippen LogP contribution < -0.4 is 14.9 Å². The maximum atomic E-state index is 12.3. The molecule has 1 amide bonds. The van der Waals surface area contributed by atoms with Crippen molar-refractivity contribution in [3.63, 3.8) is 0 Å². The quantitative estimate of drug-likeness (QED) is 0.486. The summed E-state index contributed by atoms with van der Waals surface area (Å²) in [7, 11) is 3.07. The fourth-order valence-electron chi connectivity index (χ4n) is 2.39. The second-order valence-electron chi connectivity index (χ2n) is 5.41. The second-order valence-corrected chi connectivity index (χ2v) is 5.41. The summed E-state index contributed by atoms with van der Waals surface area (Å²) in [6, 6.07) is 9.58. The molecule has 2 aromatic rings. The number of nitrogens with zero attached hydrogens (tertiary/aromatic N) is 2. The van der Waals surface area contributed by atoms with Crippen LogP contribution in [0.15, 0.2) is 41.5 Å². The molecule has 26 heavy (non-hydrogen) atoms. The van der Waals surface area contributed by atoms with E-state index >= 15 is 0 Å². The lowest BCUT2D eigenvalue weighted by Gasteiger charge is -2.10. The van der Waals surface area contributed by atoms with Gasteiger partial charge < -0.3 is 9.47 Å². The number of nitro benzene ring substituents is 1. The minimum atomic E-state index is -0.524. The number of hydrogen-bond donors (Lipinski definition) is 1. The molecule has 136 valence electrons. The van der Waals surface area contributed by atoms with Crippen molar-refractivity contribution in [1.29, 1.82) is 0 Å². The van der Waals surface area contributed by atoms with Gasteiger partial charge in [0.05, 0.1) is 30.4 Å². The lowest BCUT2D eigenvalue weighted by molar-refractivity contribution is -0.385. The Bertz CT molecular complexity index is 877. The molecule has 0 fully saturated rings. The Morgan fingerprint density at radius 1 is 1.15 bits per heavy atom. The van der Waals surface area contributed by atoms with Crippen LogP contribution in [0, 0.1) is 17.0 Å². The number of nitrogens with one attached hydrogen (secondary N) is 1. The van der Waals surface area contributed by atoms with Crippen LogP contribution in [0.4, 0.5) is 5.69 Å². The van der Waals surface area contributed by atoms with Crippen LogP contribution >= 0.6 is 0 Å². The standard InChI is InChI=1S/C18H19N3O5/c1-11-14(6-5-7-15(11)21(23)24)18(22)20-19-12(2)13-8-9-16(25-3)17(10-13)26-4/h5-10H,1-4H3,(H,20,22)/b19-12-. The Hall–Kier alpha value is -3.42. The van der Waals surface area contributed by atoms with E-state index in [0.29, 0.717) is 17.2 Å². The summed E-state index contributed by atoms with van der Waals surface area (Å²) in [6.07, 6.45) is 0. The van der Waals surface area contributed by atoms with E-state index in [-0.39, 0.29) is 16.8 Å². The second kappa shape index (κ2) is 8.11. The highest BCUT2D eigenvalue weighted by molar-refractivity contribution is 6.01. The van der Waals surface area contributed by atoms with Gasteiger partial charge in [-0.15, -0.1) is 0 Å². The van der Waals surface area contributed by atoms with Gasteiger partial charge in [-0.2, -0.15) is 5.10 Å². The minimum absolute atomic E-state index is 0.113. The largest absolute Gasteiger partial charge is 0.493 e. The van der Waals surface area contributed by atoms with Gasteiger partial charge in [0.25, 0.3) is 11.6 Å². The molecule has 0 aromatic heterocycles. The van der Waals surface area contributed by atoms with E-state index in [0.717, 1.165) is 5.56 Å². The molecule has 0 aliphatic rings. The van der Waals surface area contributed by atoms with Gasteiger partial charge in [0.1, 0.15) is 0 Å². The number of carbonyl (C=O) groups excluding carboxylic acids is 1. The summed E-state index contributed by atoms with van der Waals surface area (Å²) < 4.78 is 10.4. The molecule has 0 spiro atoms. The highest BCUT2D eigenvalue weighted by atomic mass is 16.6. The molecule has 2 rings (SSSR count). The van der Waals surface area contributed by atoms with Crippen LogP contribution in [-0.2, 0) is 0 Å². The van der Waals surface area contributed by atoms with Crippen molar-refractivity contribution in [2.24, 2.45) is 5.10 Å². The highest BCUT2D eigenvalue weighted by Crippen LogP contribution is 2.27. The Morgan fingerprint density at radius 2 is 1.85 bits per heavy atom. The highest BCUT2D eigenvalue weighted by Gasteiger charge is 2.17. The number of rotatable bonds is 6. The zero-order valence-electron chi connectivity index (χ0n) is 14.9. The fraction of sp³-hybridized carbons (Fsp3) is 0.222. The van der Waals surface area contributed by atoms with E-state index in [1.54, 1.807) is 32.2 Å². The summed E-state index contributed by atoms with van der Waals surface area (Å²) in [4.78, 5) is 22.8. The Kier molecular flexibility index (Phi) is 5.90. The van der Waals surface area contributed by atoms with Crippen LogP contribution in [0.2, 0.25) is 0 Å². The number of ether oxygens (including phenoxy) is 2. The summed E-state index contributed by atoms with van der Waals surface area (Å²) in [6.45, 7) is 3.25. The van der Waals surface area contributed by atoms with Gasteiger partial charge in [-0.3, -0.25) is 14.9 Å². The molecule has 0 saturated carbocycles. The number of nitro groups is 1. The summed E-state index contributed by atoms with van der Waals surface area (Å²) in [5.74, 6) is 0.603. The first kappa shape index (κ1) is 18.9. The first-order valence-electron chi connectivity index (χ1n) is 7.70. The Morgan fingerprint density at radius 3 is 2.46 bits per heavy atom. The predicted octanol–water partition coefficient (Wildman–Crippen LogP) is 3.07. The van der Waals surface area contributed by atoms with E-state index in [4.69, 9.17) is 9.47 Å². The van der Waals surface area contributed by atoms with Crippen molar-refractivity contribution >= 4 is 17.3 Å². The van der Waals surface area contributed by atoms with Crippen LogP contribution in [0.1, 0.15) is 28.4 Å². The smallest absolute Gasteiger partial charge is 0.273 e. The van der Waals surface area contributed by atoms with E-state index < -0.39 is 10.8 Å². The average molecular weight is 357 g/mol. The molecule has 0 atom stereocenters. The number of hydrazone groups is 1. The van der Waals surface area contributed by atoms with Crippen molar-refractivity contribution in [2.75, 3.05) is 14.2 Å². The number of carbonyl (C=O) groups is 1. The normalized spacial score (nSPS) is 11.0. The van der Waals surface area contributed by atoms with E-state index in [9.17, 15) is 14.9 Å². The van der Waals surface area contributed by atoms with Gasteiger partial charge in [-0.05, 0) is 38.1 Å². The zero-order valence-corrected chi connectivity index (χ0v) is 14.9. The molecule has 0 saturated heterocycles. The fourth-order valence-corrected chi connectivity index (χ4v) is 2.39. The van der Waals surface area contributed by atoms with E-state index in [1.807, 2.05) is 0 Å². The lowest BCUT2D eigenvalue weighted by atomic mass is 10.1. The monoisotopic (exact) mass is 357 g/mol. The zero-order chi connectivity index (χ0) is 19.3. The molecular formula is C18H19N3O5. The number of amides is 1. The minimum Gasteiger partial charge on any atom is -0.493 e. The van der Waals surface area contributed by atoms with Crippen LogP contribution in [0.25, 0.3) is 0 Å². The van der Waals surface area contributed by atoms with Crippen molar-refractivity contribution in [3.05, 3.63) is 63.2 Å². The van der Waals surface area contributed by atoms with Crippen LogP contribution in [-0.4, -0.2) is 30.8 Å². The molecule has 8 nitrogen and oxygen atoms in total. The van der Waals surface area contributed by atoms with E-state index in [2.05, 4.69) is 10.5 Å². The van der Waals surface area contributed by atoms with Gasteiger partial charge >= 0.3 is 0 Å². The van der Waals surface area contributed by atoms with E-state index in [1.165, 1.54) is 32.2 Å². The third-order valence-electron chi connectivity index (χ3n) is 3.87. The van der Waals surface area contributed by atoms with Gasteiger partial charge in [0, 0.05) is 17.2 Å². The average Bonchev–Trinajstić information content (AvgIpc) is 2.65. The maximum Gasteiger partial charge on any atom is 0.273 e. The molecule has 1 N–H and O–H groups in total. The van der Waals surface area contributed by atoms with Crippen molar-refractivity contribution in [2.45, 2.75) is 13.8 Å². The maximum absolute atomic E-state index is 12.3. The Labute approximate surface area is 150 Å². The first-order valence-corrected chi connectivity index (χ1v) is 7.70. The predicted molar refractivity (Wildman–Crippen MR) is 97.1 cm³/mol. The topological polar surface area (TPSA) is 103 Å². The third kappa shape index (κ3) is 3.97. The first-order chi connectivity index (χ1) is 12.4. The van der Waals surface area contributed by atoms with Crippen molar-refractivity contribution in [3.8, 4) is 11.5 Å². The molecule has 0 bridgehead atoms. The lowest BCUT2D eigenvalue weighted by Crippen LogP contribution is -2.20. The van der Waals surface area contributed by atoms with Crippen LogP contribution in [0.3, 0.4) is 0 Å². The third-order valence-corrected chi connectivity index (χ3v) is 3.87. The molecular weight excluding hydrogens is 338 g/mol. The van der Waals surface area contributed by atoms with Crippen molar-refractivity contribution < 1.29 is 19.2 Å². The van der Waals surface area contributed by atoms with Gasteiger partial charge in [-0.25, -0.2) is 5.43 Å². The molecule has 0 radical (unpaired) electrons. The summed E-state index contributed by atoms with van der Waals surface area (Å²) in [5, 5.41) is 15.1. The molecule has 8 heteroatoms.